The van der Waals surface area contributed by atoms with E-state index in [1.165, 1.54) is 12.1 Å². The van der Waals surface area contributed by atoms with Crippen molar-refractivity contribution in [3.63, 3.8) is 0 Å². The van der Waals surface area contributed by atoms with E-state index in [4.69, 9.17) is 5.73 Å². The molecule has 0 unspecified atom stereocenters. The molecule has 2 heterocycles. The van der Waals surface area contributed by atoms with Crippen molar-refractivity contribution in [1.29, 1.82) is 0 Å². The Labute approximate surface area is 129 Å². The van der Waals surface area contributed by atoms with Gasteiger partial charge in [0, 0.05) is 23.3 Å². The Bertz CT molecular complexity index is 799. The van der Waals surface area contributed by atoms with Crippen LogP contribution < -0.4 is 5.73 Å². The lowest BCUT2D eigenvalue weighted by Crippen LogP contribution is -1.98. The predicted octanol–water partition coefficient (Wildman–Crippen LogP) is 3.63. The molecule has 0 bridgehead atoms. The van der Waals surface area contributed by atoms with Crippen LogP contribution in [-0.2, 0) is 7.05 Å². The van der Waals surface area contributed by atoms with Crippen molar-refractivity contribution < 1.29 is 4.39 Å². The molecule has 0 atom stereocenters. The number of aromatic nitrogens is 3. The van der Waals surface area contributed by atoms with Gasteiger partial charge in [0.25, 0.3) is 0 Å². The van der Waals surface area contributed by atoms with E-state index in [9.17, 15) is 4.39 Å². The molecule has 0 radical (unpaired) electrons. The van der Waals surface area contributed by atoms with Gasteiger partial charge in [-0.2, -0.15) is 5.10 Å². The van der Waals surface area contributed by atoms with Gasteiger partial charge >= 0.3 is 0 Å². The van der Waals surface area contributed by atoms with Crippen LogP contribution in [0.2, 0.25) is 0 Å². The number of nitrogen functional groups attached to an aromatic ring is 1. The fraction of sp³-hybridized carbons (Fsp3) is 0.0667. The minimum absolute atomic E-state index is 0.329. The maximum absolute atomic E-state index is 13.6. The van der Waals surface area contributed by atoms with Gasteiger partial charge in [-0.15, -0.1) is 0 Å². The molecular weight excluding hydrogens is 335 g/mol. The van der Waals surface area contributed by atoms with Gasteiger partial charge in [-0.3, -0.25) is 9.67 Å². The molecule has 1 aromatic carbocycles. The minimum atomic E-state index is -0.329. The standard InChI is InChI=1S/C15H12BrFN4/c1-21-15(18)13(12-4-2-3-7-19-12)14(20-21)10-8-9(17)5-6-11(10)16/h2-8H,18H2,1H3. The van der Waals surface area contributed by atoms with Gasteiger partial charge in [0.15, 0.2) is 0 Å². The molecule has 0 spiro atoms. The summed E-state index contributed by atoms with van der Waals surface area (Å²) in [5.74, 6) is 0.157. The Morgan fingerprint density at radius 2 is 2.05 bits per heavy atom. The average Bonchev–Trinajstić information content (AvgIpc) is 2.78. The SMILES string of the molecule is Cn1nc(-c2cc(F)ccc2Br)c(-c2ccccn2)c1N. The molecule has 21 heavy (non-hydrogen) atoms. The van der Waals surface area contributed by atoms with Gasteiger partial charge < -0.3 is 5.73 Å². The maximum atomic E-state index is 13.6. The highest BCUT2D eigenvalue weighted by Crippen LogP contribution is 2.38. The number of benzene rings is 1. The highest BCUT2D eigenvalue weighted by atomic mass is 79.9. The molecule has 3 aromatic rings. The summed E-state index contributed by atoms with van der Waals surface area (Å²) >= 11 is 3.43. The number of nitrogens with zero attached hydrogens (tertiary/aromatic N) is 3. The number of anilines is 1. The minimum Gasteiger partial charge on any atom is -0.383 e. The zero-order valence-electron chi connectivity index (χ0n) is 11.2. The van der Waals surface area contributed by atoms with Gasteiger partial charge in [0.2, 0.25) is 0 Å². The summed E-state index contributed by atoms with van der Waals surface area (Å²) in [5, 5.41) is 4.41. The molecule has 0 aliphatic rings. The van der Waals surface area contributed by atoms with Gasteiger partial charge in [-0.25, -0.2) is 4.39 Å². The summed E-state index contributed by atoms with van der Waals surface area (Å²) in [4.78, 5) is 4.32. The molecule has 6 heteroatoms. The van der Waals surface area contributed by atoms with Crippen LogP contribution in [0.3, 0.4) is 0 Å². The topological polar surface area (TPSA) is 56.7 Å². The first-order valence-electron chi connectivity index (χ1n) is 6.27. The molecular formula is C15H12BrFN4. The Balaban J connectivity index is 2.29. The van der Waals surface area contributed by atoms with Crippen molar-refractivity contribution in [2.24, 2.45) is 7.05 Å². The largest absolute Gasteiger partial charge is 0.383 e. The second-order valence-corrected chi connectivity index (χ2v) is 5.43. The lowest BCUT2D eigenvalue weighted by atomic mass is 10.0. The summed E-state index contributed by atoms with van der Waals surface area (Å²) in [6.07, 6.45) is 1.69. The number of aryl methyl sites for hydroxylation is 1. The quantitative estimate of drug-likeness (QED) is 0.770. The highest BCUT2D eigenvalue weighted by Gasteiger charge is 2.20. The van der Waals surface area contributed by atoms with E-state index < -0.39 is 0 Å². The van der Waals surface area contributed by atoms with E-state index in [1.54, 1.807) is 24.0 Å². The van der Waals surface area contributed by atoms with Crippen LogP contribution in [0.15, 0.2) is 47.1 Å². The van der Waals surface area contributed by atoms with E-state index in [0.29, 0.717) is 28.3 Å². The number of halogens is 2. The lowest BCUT2D eigenvalue weighted by molar-refractivity contribution is 0.628. The van der Waals surface area contributed by atoms with Crippen molar-refractivity contribution in [1.82, 2.24) is 14.8 Å². The first-order valence-corrected chi connectivity index (χ1v) is 7.06. The third-order valence-electron chi connectivity index (χ3n) is 3.20. The van der Waals surface area contributed by atoms with Crippen molar-refractivity contribution >= 4 is 21.7 Å². The summed E-state index contributed by atoms with van der Waals surface area (Å²) in [6, 6.07) is 10.0. The van der Waals surface area contributed by atoms with Crippen molar-refractivity contribution in [2.75, 3.05) is 5.73 Å². The Hall–Kier alpha value is -2.21. The normalized spacial score (nSPS) is 10.8. The smallest absolute Gasteiger partial charge is 0.131 e. The molecule has 0 amide bonds. The van der Waals surface area contributed by atoms with E-state index in [0.717, 1.165) is 4.47 Å². The van der Waals surface area contributed by atoms with E-state index in [1.807, 2.05) is 18.2 Å². The molecule has 0 saturated heterocycles. The molecule has 0 aliphatic heterocycles. The van der Waals surface area contributed by atoms with Crippen LogP contribution in [0.4, 0.5) is 10.2 Å². The molecule has 0 fully saturated rings. The Morgan fingerprint density at radius 1 is 1.24 bits per heavy atom. The molecule has 0 saturated carbocycles. The first-order chi connectivity index (χ1) is 10.1. The maximum Gasteiger partial charge on any atom is 0.131 e. The van der Waals surface area contributed by atoms with Crippen LogP contribution in [0.5, 0.6) is 0 Å². The van der Waals surface area contributed by atoms with Crippen molar-refractivity contribution in [3.8, 4) is 22.5 Å². The monoisotopic (exact) mass is 346 g/mol. The first kappa shape index (κ1) is 13.8. The van der Waals surface area contributed by atoms with E-state index >= 15 is 0 Å². The molecule has 3 rings (SSSR count). The van der Waals surface area contributed by atoms with Crippen LogP contribution in [0.25, 0.3) is 22.5 Å². The van der Waals surface area contributed by atoms with E-state index in [-0.39, 0.29) is 5.82 Å². The second-order valence-electron chi connectivity index (χ2n) is 4.57. The third-order valence-corrected chi connectivity index (χ3v) is 3.89. The third kappa shape index (κ3) is 2.42. The zero-order chi connectivity index (χ0) is 15.0. The van der Waals surface area contributed by atoms with Gasteiger partial charge in [0.05, 0.1) is 11.3 Å². The van der Waals surface area contributed by atoms with Crippen LogP contribution in [0, 0.1) is 5.82 Å². The number of hydrogen-bond acceptors (Lipinski definition) is 3. The zero-order valence-corrected chi connectivity index (χ0v) is 12.8. The van der Waals surface area contributed by atoms with Gasteiger partial charge in [-0.05, 0) is 30.3 Å². The van der Waals surface area contributed by atoms with Crippen LogP contribution >= 0.6 is 15.9 Å². The fourth-order valence-corrected chi connectivity index (χ4v) is 2.60. The predicted molar refractivity (Wildman–Crippen MR) is 83.9 cm³/mol. The van der Waals surface area contributed by atoms with Crippen molar-refractivity contribution in [3.05, 3.63) is 52.9 Å². The second kappa shape index (κ2) is 5.29. The summed E-state index contributed by atoms with van der Waals surface area (Å²) in [7, 11) is 1.75. The summed E-state index contributed by atoms with van der Waals surface area (Å²) < 4.78 is 15.9. The van der Waals surface area contributed by atoms with Crippen molar-refractivity contribution in [2.45, 2.75) is 0 Å². The fourth-order valence-electron chi connectivity index (χ4n) is 2.17. The van der Waals surface area contributed by atoms with Crippen LogP contribution in [0.1, 0.15) is 0 Å². The number of nitrogens with two attached hydrogens (primary N) is 1. The summed E-state index contributed by atoms with van der Waals surface area (Å²) in [6.45, 7) is 0. The summed E-state index contributed by atoms with van der Waals surface area (Å²) in [5.41, 5.74) is 8.75. The number of pyridine rings is 1. The van der Waals surface area contributed by atoms with Gasteiger partial charge in [0.1, 0.15) is 17.3 Å². The average molecular weight is 347 g/mol. The lowest BCUT2D eigenvalue weighted by Gasteiger charge is -2.05. The Kier molecular flexibility index (Phi) is 3.47. The van der Waals surface area contributed by atoms with Crippen LogP contribution in [-0.4, -0.2) is 14.8 Å². The number of rotatable bonds is 2. The van der Waals surface area contributed by atoms with E-state index in [2.05, 4.69) is 26.0 Å². The molecule has 4 nitrogen and oxygen atoms in total. The Morgan fingerprint density at radius 3 is 2.76 bits per heavy atom. The number of hydrogen-bond donors (Lipinski definition) is 1. The molecule has 0 aliphatic carbocycles. The highest BCUT2D eigenvalue weighted by molar-refractivity contribution is 9.10. The molecule has 2 aromatic heterocycles. The molecule has 2 N–H and O–H groups in total. The van der Waals surface area contributed by atoms with Gasteiger partial charge in [-0.1, -0.05) is 22.0 Å². The molecule has 106 valence electrons.